The minimum atomic E-state index is 0.0769. The Hall–Kier alpha value is -2.29. The molecule has 0 bridgehead atoms. The molecule has 0 aromatic heterocycles. The lowest BCUT2D eigenvalue weighted by Gasteiger charge is -2.15. The summed E-state index contributed by atoms with van der Waals surface area (Å²) < 4.78 is 0. The summed E-state index contributed by atoms with van der Waals surface area (Å²) in [7, 11) is 0. The zero-order valence-corrected chi connectivity index (χ0v) is 11.2. The number of fused-ring (bicyclic) bond motifs is 1. The van der Waals surface area contributed by atoms with Crippen LogP contribution < -0.4 is 0 Å². The van der Waals surface area contributed by atoms with Crippen molar-refractivity contribution < 1.29 is 9.90 Å². The van der Waals surface area contributed by atoms with Gasteiger partial charge in [-0.3, -0.25) is 4.79 Å². The van der Waals surface area contributed by atoms with Crippen LogP contribution in [-0.4, -0.2) is 22.5 Å². The average molecular weight is 267 g/mol. The molecule has 3 rings (SSSR count). The van der Waals surface area contributed by atoms with E-state index in [9.17, 15) is 9.90 Å². The fraction of sp³-hybridized carbons (Fsp3) is 0.235. The Kier molecular flexibility index (Phi) is 3.42. The number of phenols is 1. The van der Waals surface area contributed by atoms with E-state index >= 15 is 0 Å². The summed E-state index contributed by atoms with van der Waals surface area (Å²) in [6, 6.07) is 15.3. The smallest absolute Gasteiger partial charge is 0.254 e. The number of carbonyl (C=O) groups excluding carboxylic acids is 1. The van der Waals surface area contributed by atoms with Crippen molar-refractivity contribution >= 4 is 5.91 Å². The normalized spacial score (nSPS) is 13.6. The Labute approximate surface area is 118 Å². The zero-order valence-electron chi connectivity index (χ0n) is 11.2. The van der Waals surface area contributed by atoms with Crippen molar-refractivity contribution in [1.82, 2.24) is 4.90 Å². The first-order valence-corrected chi connectivity index (χ1v) is 6.89. The Morgan fingerprint density at radius 1 is 1.10 bits per heavy atom. The van der Waals surface area contributed by atoms with Gasteiger partial charge in [0.15, 0.2) is 0 Å². The molecule has 3 heteroatoms. The molecule has 0 spiro atoms. The molecular weight excluding hydrogens is 250 g/mol. The van der Waals surface area contributed by atoms with Crippen LogP contribution in [-0.2, 0) is 13.0 Å². The van der Waals surface area contributed by atoms with Crippen LogP contribution in [0.1, 0.15) is 27.9 Å². The summed E-state index contributed by atoms with van der Waals surface area (Å²) in [4.78, 5) is 14.0. The lowest BCUT2D eigenvalue weighted by Crippen LogP contribution is -2.25. The highest BCUT2D eigenvalue weighted by molar-refractivity contribution is 5.98. The molecule has 1 N–H and O–H groups in total. The molecule has 0 fully saturated rings. The third kappa shape index (κ3) is 2.52. The maximum absolute atomic E-state index is 12.2. The largest absolute Gasteiger partial charge is 0.508 e. The zero-order chi connectivity index (χ0) is 13.9. The number of hydrogen-bond acceptors (Lipinski definition) is 2. The number of aromatic hydroxyl groups is 1. The molecule has 2 aromatic carbocycles. The Bertz CT molecular complexity index is 622. The van der Waals surface area contributed by atoms with Crippen molar-refractivity contribution in [2.24, 2.45) is 0 Å². The molecule has 0 atom stereocenters. The van der Waals surface area contributed by atoms with Crippen LogP contribution in [0.5, 0.6) is 5.75 Å². The number of benzene rings is 2. The Morgan fingerprint density at radius 3 is 2.70 bits per heavy atom. The molecule has 20 heavy (non-hydrogen) atoms. The van der Waals surface area contributed by atoms with Gasteiger partial charge in [0.05, 0.1) is 0 Å². The highest BCUT2D eigenvalue weighted by Crippen LogP contribution is 2.26. The van der Waals surface area contributed by atoms with E-state index in [2.05, 4.69) is 12.1 Å². The molecule has 0 saturated carbocycles. The molecule has 1 heterocycles. The average Bonchev–Trinajstić information content (AvgIpc) is 2.76. The summed E-state index contributed by atoms with van der Waals surface area (Å²) in [6.45, 7) is 1.36. The van der Waals surface area contributed by atoms with Crippen LogP contribution >= 0.6 is 0 Å². The van der Waals surface area contributed by atoms with Gasteiger partial charge in [0.1, 0.15) is 5.75 Å². The second-order valence-electron chi connectivity index (χ2n) is 5.16. The summed E-state index contributed by atoms with van der Waals surface area (Å²) in [5.74, 6) is 0.302. The molecule has 0 unspecified atom stereocenters. The van der Waals surface area contributed by atoms with Gasteiger partial charge in [-0.15, -0.1) is 0 Å². The molecule has 102 valence electrons. The second-order valence-corrected chi connectivity index (χ2v) is 5.16. The number of aryl methyl sites for hydroxylation is 1. The first kappa shape index (κ1) is 12.7. The summed E-state index contributed by atoms with van der Waals surface area (Å²) >= 11 is 0. The van der Waals surface area contributed by atoms with Crippen LogP contribution in [0.4, 0.5) is 0 Å². The van der Waals surface area contributed by atoms with E-state index in [0.717, 1.165) is 30.5 Å². The first-order chi connectivity index (χ1) is 9.74. The Morgan fingerprint density at radius 2 is 1.90 bits per heavy atom. The molecule has 1 amide bonds. The minimum absolute atomic E-state index is 0.0769. The van der Waals surface area contributed by atoms with E-state index < -0.39 is 0 Å². The van der Waals surface area contributed by atoms with E-state index in [4.69, 9.17) is 0 Å². The Balaban J connectivity index is 1.59. The third-order valence-electron chi connectivity index (χ3n) is 3.70. The van der Waals surface area contributed by atoms with Crippen molar-refractivity contribution in [2.75, 3.05) is 6.54 Å². The fourth-order valence-electron chi connectivity index (χ4n) is 2.67. The number of rotatable bonds is 4. The quantitative estimate of drug-likeness (QED) is 0.925. The maximum atomic E-state index is 12.2. The molecule has 0 radical (unpaired) electrons. The van der Waals surface area contributed by atoms with E-state index in [-0.39, 0.29) is 11.7 Å². The SMILES string of the molecule is O=C1c2ccc(O)cc2CN1CCCc1ccccc1. The van der Waals surface area contributed by atoms with Crippen molar-refractivity contribution in [1.29, 1.82) is 0 Å². The van der Waals surface area contributed by atoms with E-state index in [1.165, 1.54) is 5.56 Å². The summed E-state index contributed by atoms with van der Waals surface area (Å²) in [5, 5.41) is 9.46. The standard InChI is InChI=1S/C17H17NO2/c19-15-8-9-16-14(11-15)12-18(17(16)20)10-4-7-13-5-2-1-3-6-13/h1-3,5-6,8-9,11,19H,4,7,10,12H2. The van der Waals surface area contributed by atoms with Gasteiger partial charge in [0.2, 0.25) is 0 Å². The van der Waals surface area contributed by atoms with Crippen molar-refractivity contribution in [3.05, 3.63) is 65.2 Å². The van der Waals surface area contributed by atoms with Gasteiger partial charge in [0, 0.05) is 18.7 Å². The molecule has 0 aliphatic carbocycles. The van der Waals surface area contributed by atoms with Gasteiger partial charge in [-0.25, -0.2) is 0 Å². The topological polar surface area (TPSA) is 40.5 Å². The molecule has 2 aromatic rings. The lowest BCUT2D eigenvalue weighted by molar-refractivity contribution is 0.0776. The lowest BCUT2D eigenvalue weighted by atomic mass is 10.1. The predicted octanol–water partition coefficient (Wildman–Crippen LogP) is 2.98. The van der Waals surface area contributed by atoms with Gasteiger partial charge in [-0.05, 0) is 42.2 Å². The number of nitrogens with zero attached hydrogens (tertiary/aromatic N) is 1. The van der Waals surface area contributed by atoms with Gasteiger partial charge in [0.25, 0.3) is 5.91 Å². The van der Waals surface area contributed by atoms with E-state index in [1.807, 2.05) is 23.1 Å². The summed E-state index contributed by atoms with van der Waals surface area (Å²) in [5.41, 5.74) is 2.95. The summed E-state index contributed by atoms with van der Waals surface area (Å²) in [6.07, 6.45) is 1.93. The second kappa shape index (κ2) is 5.37. The highest BCUT2D eigenvalue weighted by Gasteiger charge is 2.26. The fourth-order valence-corrected chi connectivity index (χ4v) is 2.67. The van der Waals surface area contributed by atoms with Crippen LogP contribution in [0.3, 0.4) is 0 Å². The number of carbonyl (C=O) groups is 1. The number of amides is 1. The molecule has 1 aliphatic rings. The van der Waals surface area contributed by atoms with Gasteiger partial charge in [-0.2, -0.15) is 0 Å². The third-order valence-corrected chi connectivity index (χ3v) is 3.70. The van der Waals surface area contributed by atoms with Crippen LogP contribution in [0.25, 0.3) is 0 Å². The van der Waals surface area contributed by atoms with E-state index in [1.54, 1.807) is 18.2 Å². The van der Waals surface area contributed by atoms with Gasteiger partial charge in [-0.1, -0.05) is 30.3 Å². The van der Waals surface area contributed by atoms with E-state index in [0.29, 0.717) is 6.54 Å². The molecule has 1 aliphatic heterocycles. The predicted molar refractivity (Wildman–Crippen MR) is 77.6 cm³/mol. The van der Waals surface area contributed by atoms with Crippen LogP contribution in [0.15, 0.2) is 48.5 Å². The molecule has 3 nitrogen and oxygen atoms in total. The van der Waals surface area contributed by atoms with Gasteiger partial charge < -0.3 is 10.0 Å². The number of hydrogen-bond donors (Lipinski definition) is 1. The maximum Gasteiger partial charge on any atom is 0.254 e. The van der Waals surface area contributed by atoms with Crippen molar-refractivity contribution in [3.8, 4) is 5.75 Å². The van der Waals surface area contributed by atoms with Crippen LogP contribution in [0, 0.1) is 0 Å². The van der Waals surface area contributed by atoms with Crippen molar-refractivity contribution in [3.63, 3.8) is 0 Å². The van der Waals surface area contributed by atoms with Crippen LogP contribution in [0.2, 0.25) is 0 Å². The monoisotopic (exact) mass is 267 g/mol. The number of phenolic OH excluding ortho intramolecular Hbond substituents is 1. The molecular formula is C17H17NO2. The van der Waals surface area contributed by atoms with Gasteiger partial charge >= 0.3 is 0 Å². The first-order valence-electron chi connectivity index (χ1n) is 6.89. The minimum Gasteiger partial charge on any atom is -0.508 e. The molecule has 0 saturated heterocycles. The highest BCUT2D eigenvalue weighted by atomic mass is 16.3. The van der Waals surface area contributed by atoms with Crippen molar-refractivity contribution in [2.45, 2.75) is 19.4 Å².